The number of nitrogens with zero attached hydrogens (tertiary/aromatic N) is 2. The molecule has 1 fully saturated rings. The third-order valence-electron chi connectivity index (χ3n) is 5.08. The first-order valence-electron chi connectivity index (χ1n) is 8.67. The predicted octanol–water partition coefficient (Wildman–Crippen LogP) is 2.83. The van der Waals surface area contributed by atoms with Crippen LogP contribution in [0.2, 0.25) is 0 Å². The largest absolute Gasteiger partial charge is 0.388 e. The van der Waals surface area contributed by atoms with E-state index >= 15 is 0 Å². The molecule has 3 atom stereocenters. The van der Waals surface area contributed by atoms with E-state index in [0.29, 0.717) is 6.42 Å². The van der Waals surface area contributed by atoms with Gasteiger partial charge in [0, 0.05) is 19.1 Å². The summed E-state index contributed by atoms with van der Waals surface area (Å²) in [5.41, 5.74) is 0.956. The highest BCUT2D eigenvalue weighted by Gasteiger charge is 2.34. The van der Waals surface area contributed by atoms with Crippen molar-refractivity contribution < 1.29 is 9.90 Å². The number of likely N-dealkylation sites (tertiary alicyclic amines) is 1. The van der Waals surface area contributed by atoms with Gasteiger partial charge < -0.3 is 10.0 Å². The van der Waals surface area contributed by atoms with Crippen molar-refractivity contribution in [2.75, 3.05) is 13.6 Å². The number of hydrogen-bond donors (Lipinski definition) is 1. The molecular weight excluding hydrogens is 288 g/mol. The van der Waals surface area contributed by atoms with Crippen LogP contribution in [0.5, 0.6) is 0 Å². The van der Waals surface area contributed by atoms with Gasteiger partial charge in [-0.2, -0.15) is 0 Å². The summed E-state index contributed by atoms with van der Waals surface area (Å²) in [5.74, 6) is 0.168. The number of rotatable bonds is 6. The van der Waals surface area contributed by atoms with Gasteiger partial charge in [-0.3, -0.25) is 9.69 Å². The van der Waals surface area contributed by atoms with E-state index in [1.807, 2.05) is 63.1 Å². The normalized spacial score (nSPS) is 21.4. The lowest BCUT2D eigenvalue weighted by atomic mass is 10.00. The number of hydrogen-bond acceptors (Lipinski definition) is 3. The minimum Gasteiger partial charge on any atom is -0.388 e. The highest BCUT2D eigenvalue weighted by molar-refractivity contribution is 5.81. The fourth-order valence-corrected chi connectivity index (χ4v) is 3.38. The number of carbonyl (C=O) groups is 1. The molecule has 1 heterocycles. The maximum Gasteiger partial charge on any atom is 0.239 e. The fourth-order valence-electron chi connectivity index (χ4n) is 3.38. The first-order valence-corrected chi connectivity index (χ1v) is 8.67. The molecule has 0 radical (unpaired) electrons. The van der Waals surface area contributed by atoms with Crippen LogP contribution in [0, 0.1) is 0 Å². The molecule has 0 bridgehead atoms. The van der Waals surface area contributed by atoms with E-state index in [4.69, 9.17) is 0 Å². The van der Waals surface area contributed by atoms with Gasteiger partial charge >= 0.3 is 0 Å². The summed E-state index contributed by atoms with van der Waals surface area (Å²) in [6.07, 6.45) is 2.36. The number of benzene rings is 1. The van der Waals surface area contributed by atoms with E-state index in [9.17, 15) is 9.90 Å². The van der Waals surface area contributed by atoms with Crippen LogP contribution in [0.3, 0.4) is 0 Å². The molecule has 0 aromatic heterocycles. The van der Waals surface area contributed by atoms with Crippen LogP contribution in [0.4, 0.5) is 0 Å². The Balaban J connectivity index is 2.01. The molecule has 1 amide bonds. The second kappa shape index (κ2) is 7.93. The SMILES string of the molecule is CC(C)N(C)C(=O)C(C)N1CCCC1CC(O)c1ccccc1. The Bertz CT molecular complexity index is 503. The van der Waals surface area contributed by atoms with Gasteiger partial charge in [0.1, 0.15) is 0 Å². The van der Waals surface area contributed by atoms with E-state index in [-0.39, 0.29) is 24.0 Å². The molecule has 1 saturated heterocycles. The summed E-state index contributed by atoms with van der Waals surface area (Å²) >= 11 is 0. The molecule has 0 saturated carbocycles. The van der Waals surface area contributed by atoms with Crippen LogP contribution < -0.4 is 0 Å². The van der Waals surface area contributed by atoms with Gasteiger partial charge in [-0.1, -0.05) is 30.3 Å². The Morgan fingerprint density at radius 2 is 1.96 bits per heavy atom. The van der Waals surface area contributed by atoms with Crippen LogP contribution in [0.25, 0.3) is 0 Å². The Hall–Kier alpha value is -1.39. The second-order valence-electron chi connectivity index (χ2n) is 6.91. The minimum atomic E-state index is -0.466. The van der Waals surface area contributed by atoms with Crippen molar-refractivity contribution in [3.05, 3.63) is 35.9 Å². The van der Waals surface area contributed by atoms with Crippen molar-refractivity contribution in [1.29, 1.82) is 0 Å². The number of aliphatic hydroxyl groups is 1. The smallest absolute Gasteiger partial charge is 0.239 e. The maximum atomic E-state index is 12.6. The number of carbonyl (C=O) groups excluding carboxylic acids is 1. The summed E-state index contributed by atoms with van der Waals surface area (Å²) in [6.45, 7) is 7.00. The first-order chi connectivity index (χ1) is 10.9. The second-order valence-corrected chi connectivity index (χ2v) is 6.91. The van der Waals surface area contributed by atoms with Crippen molar-refractivity contribution in [3.63, 3.8) is 0 Å². The van der Waals surface area contributed by atoms with E-state index in [1.165, 1.54) is 0 Å². The molecule has 1 aliphatic heterocycles. The van der Waals surface area contributed by atoms with Gasteiger partial charge in [0.2, 0.25) is 5.91 Å². The number of likely N-dealkylation sites (N-methyl/N-ethyl adjacent to an activating group) is 1. The van der Waals surface area contributed by atoms with Gasteiger partial charge in [0.05, 0.1) is 12.1 Å². The van der Waals surface area contributed by atoms with Crippen LogP contribution in [-0.2, 0) is 4.79 Å². The lowest BCUT2D eigenvalue weighted by Crippen LogP contribution is -2.49. The molecule has 0 spiro atoms. The fraction of sp³-hybridized carbons (Fsp3) is 0.632. The van der Waals surface area contributed by atoms with E-state index < -0.39 is 6.10 Å². The van der Waals surface area contributed by atoms with E-state index in [1.54, 1.807) is 0 Å². The molecule has 3 unspecified atom stereocenters. The molecule has 0 aliphatic carbocycles. The summed E-state index contributed by atoms with van der Waals surface area (Å²) in [5, 5.41) is 10.5. The van der Waals surface area contributed by atoms with E-state index in [2.05, 4.69) is 4.90 Å². The van der Waals surface area contributed by atoms with E-state index in [0.717, 1.165) is 24.9 Å². The molecule has 23 heavy (non-hydrogen) atoms. The van der Waals surface area contributed by atoms with Crippen molar-refractivity contribution in [1.82, 2.24) is 9.80 Å². The summed E-state index contributed by atoms with van der Waals surface area (Å²) in [7, 11) is 1.87. The number of aliphatic hydroxyl groups excluding tert-OH is 1. The average molecular weight is 318 g/mol. The summed E-state index contributed by atoms with van der Waals surface area (Å²) < 4.78 is 0. The zero-order valence-corrected chi connectivity index (χ0v) is 14.8. The van der Waals surface area contributed by atoms with Crippen molar-refractivity contribution >= 4 is 5.91 Å². The minimum absolute atomic E-state index is 0.127. The third-order valence-corrected chi connectivity index (χ3v) is 5.08. The van der Waals surface area contributed by atoms with Gasteiger partial charge in [0.25, 0.3) is 0 Å². The first kappa shape index (κ1) is 18.0. The van der Waals surface area contributed by atoms with Gasteiger partial charge in [-0.15, -0.1) is 0 Å². The average Bonchev–Trinajstić information content (AvgIpc) is 3.01. The topological polar surface area (TPSA) is 43.8 Å². The quantitative estimate of drug-likeness (QED) is 0.877. The number of amides is 1. The molecule has 1 N–H and O–H groups in total. The zero-order chi connectivity index (χ0) is 17.0. The van der Waals surface area contributed by atoms with Crippen molar-refractivity contribution in [2.24, 2.45) is 0 Å². The highest BCUT2D eigenvalue weighted by atomic mass is 16.3. The molecule has 4 nitrogen and oxygen atoms in total. The van der Waals surface area contributed by atoms with Crippen molar-refractivity contribution in [2.45, 2.75) is 64.3 Å². The molecule has 1 aromatic carbocycles. The van der Waals surface area contributed by atoms with Gasteiger partial charge in [-0.05, 0) is 52.1 Å². The molecular formula is C19H30N2O2. The van der Waals surface area contributed by atoms with Gasteiger partial charge in [0.15, 0.2) is 0 Å². The maximum absolute atomic E-state index is 12.6. The summed E-state index contributed by atoms with van der Waals surface area (Å²) in [6, 6.07) is 10.1. The Kier molecular flexibility index (Phi) is 6.19. The molecule has 1 aliphatic rings. The third kappa shape index (κ3) is 4.33. The van der Waals surface area contributed by atoms with Crippen molar-refractivity contribution in [3.8, 4) is 0 Å². The summed E-state index contributed by atoms with van der Waals surface area (Å²) in [4.78, 5) is 16.7. The lowest BCUT2D eigenvalue weighted by Gasteiger charge is -2.34. The predicted molar refractivity (Wildman–Crippen MR) is 93.1 cm³/mol. The standard InChI is InChI=1S/C19H30N2O2/c1-14(2)20(4)19(23)15(3)21-12-8-11-17(21)13-18(22)16-9-6-5-7-10-16/h5-7,9-10,14-15,17-18,22H,8,11-13H2,1-4H3. The Morgan fingerprint density at radius 1 is 1.30 bits per heavy atom. The van der Waals surface area contributed by atoms with Crippen LogP contribution >= 0.6 is 0 Å². The molecule has 4 heteroatoms. The monoisotopic (exact) mass is 318 g/mol. The van der Waals surface area contributed by atoms with Gasteiger partial charge in [-0.25, -0.2) is 0 Å². The zero-order valence-electron chi connectivity index (χ0n) is 14.8. The van der Waals surface area contributed by atoms with Crippen LogP contribution in [0.1, 0.15) is 51.7 Å². The molecule has 1 aromatic rings. The van der Waals surface area contributed by atoms with Crippen LogP contribution in [0.15, 0.2) is 30.3 Å². The van der Waals surface area contributed by atoms with Crippen LogP contribution in [-0.4, -0.2) is 52.5 Å². The lowest BCUT2D eigenvalue weighted by molar-refractivity contribution is -0.137. The highest BCUT2D eigenvalue weighted by Crippen LogP contribution is 2.29. The molecule has 128 valence electrons. The Labute approximate surface area is 140 Å². The Morgan fingerprint density at radius 3 is 2.57 bits per heavy atom. The molecule has 2 rings (SSSR count).